The fourth-order valence-electron chi connectivity index (χ4n) is 5.72. The highest BCUT2D eigenvalue weighted by Gasteiger charge is 2.15. The van der Waals surface area contributed by atoms with Gasteiger partial charge in [0.2, 0.25) is 0 Å². The summed E-state index contributed by atoms with van der Waals surface area (Å²) in [6, 6.07) is 17.0. The van der Waals surface area contributed by atoms with Crippen molar-refractivity contribution in [2.75, 3.05) is 67.6 Å². The summed E-state index contributed by atoms with van der Waals surface area (Å²) < 4.78 is 14.3. The second kappa shape index (κ2) is 20.8. The van der Waals surface area contributed by atoms with Crippen LogP contribution in [0.3, 0.4) is 0 Å². The molecule has 0 saturated heterocycles. The van der Waals surface area contributed by atoms with E-state index in [4.69, 9.17) is 9.47 Å². The van der Waals surface area contributed by atoms with E-state index in [1.165, 1.54) is 101 Å². The predicted molar refractivity (Wildman–Crippen MR) is 183 cm³/mol. The average molecular weight is 583 g/mol. The Bertz CT molecular complexity index is 844. The monoisotopic (exact) mass is 583 g/mol. The Morgan fingerprint density at radius 1 is 0.405 bits per heavy atom. The number of hydrogen-bond donors (Lipinski definition) is 0. The first-order valence-electron chi connectivity index (χ1n) is 17.3. The number of unbranched alkanes of at least 4 members (excludes halogenated alkanes) is 10. The van der Waals surface area contributed by atoms with E-state index >= 15 is 0 Å². The molecule has 42 heavy (non-hydrogen) atoms. The lowest BCUT2D eigenvalue weighted by Gasteiger charge is -2.30. The highest BCUT2D eigenvalue weighted by atomic mass is 16.5. The van der Waals surface area contributed by atoms with Crippen LogP contribution in [0, 0.1) is 0 Å². The predicted octanol–water partition coefficient (Wildman–Crippen LogP) is 9.77. The molecule has 0 N–H and O–H groups in total. The average Bonchev–Trinajstić information content (AvgIpc) is 2.98. The van der Waals surface area contributed by atoms with Gasteiger partial charge in [-0.05, 0) is 61.1 Å². The largest absolute Gasteiger partial charge is 0.493 e. The van der Waals surface area contributed by atoms with Crippen LogP contribution in [-0.4, -0.2) is 76.5 Å². The summed E-state index contributed by atoms with van der Waals surface area (Å²) in [4.78, 5) is 0. The molecule has 0 radical (unpaired) electrons. The van der Waals surface area contributed by atoms with Gasteiger partial charge in [-0.1, -0.05) is 89.5 Å². The zero-order chi connectivity index (χ0) is 30.5. The van der Waals surface area contributed by atoms with Crippen LogP contribution in [0.1, 0.15) is 104 Å². The van der Waals surface area contributed by atoms with Gasteiger partial charge in [-0.25, -0.2) is 0 Å². The number of hydrogen-bond acceptors (Lipinski definition) is 2. The molecule has 0 heterocycles. The normalized spacial score (nSPS) is 12.0. The highest BCUT2D eigenvalue weighted by Crippen LogP contribution is 2.25. The summed E-state index contributed by atoms with van der Waals surface area (Å²) in [5.74, 6) is 1.91. The molecule has 0 aliphatic heterocycles. The topological polar surface area (TPSA) is 18.5 Å². The molecule has 2 aromatic rings. The van der Waals surface area contributed by atoms with Crippen LogP contribution in [0.5, 0.6) is 11.5 Å². The summed E-state index contributed by atoms with van der Waals surface area (Å²) in [6.45, 7) is 11.0. The molecule has 2 aromatic carbocycles. The third kappa shape index (κ3) is 16.6. The first kappa shape index (κ1) is 36.2. The van der Waals surface area contributed by atoms with Gasteiger partial charge in [0.25, 0.3) is 0 Å². The lowest BCUT2D eigenvalue weighted by molar-refractivity contribution is -0.890. The molecule has 0 spiro atoms. The molecule has 0 aromatic heterocycles. The Hall–Kier alpha value is -2.04. The minimum atomic E-state index is 0.776. The molecule has 0 fully saturated rings. The van der Waals surface area contributed by atoms with Crippen molar-refractivity contribution < 1.29 is 18.4 Å². The van der Waals surface area contributed by atoms with Gasteiger partial charge in [-0.15, -0.1) is 0 Å². The molecule has 0 bridgehead atoms. The Morgan fingerprint density at radius 2 is 0.714 bits per heavy atom. The van der Waals surface area contributed by atoms with Gasteiger partial charge in [-0.3, -0.25) is 0 Å². The van der Waals surface area contributed by atoms with Crippen LogP contribution in [-0.2, 0) is 0 Å². The van der Waals surface area contributed by atoms with Crippen LogP contribution >= 0.6 is 0 Å². The third-order valence-electron chi connectivity index (χ3n) is 8.63. The summed E-state index contributed by atoms with van der Waals surface area (Å²) in [7, 11) is 9.43. The van der Waals surface area contributed by atoms with Crippen molar-refractivity contribution in [2.45, 2.75) is 104 Å². The molecule has 4 nitrogen and oxygen atoms in total. The fraction of sp³-hybridized carbons (Fsp3) is 0.684. The van der Waals surface area contributed by atoms with Gasteiger partial charge >= 0.3 is 0 Å². The van der Waals surface area contributed by atoms with Gasteiger partial charge in [0, 0.05) is 12.8 Å². The van der Waals surface area contributed by atoms with Crippen LogP contribution in [0.4, 0.5) is 0 Å². The standard InChI is InChI=1S/C38H66N2O2/c1-7-9-11-13-15-17-29-39(3,4)31-19-33-41-37-25-21-35(22-26-37)36-23-27-38(28-24-36)42-34-20-32-40(5,6)30-18-16-14-12-10-8-2/h21-28H,7-20,29-34H2,1-6H3/q+2. The fourth-order valence-corrected chi connectivity index (χ4v) is 5.72. The van der Waals surface area contributed by atoms with Crippen molar-refractivity contribution >= 4 is 0 Å². The lowest BCUT2D eigenvalue weighted by Crippen LogP contribution is -2.41. The maximum Gasteiger partial charge on any atom is 0.119 e. The van der Waals surface area contributed by atoms with Crippen molar-refractivity contribution in [3.05, 3.63) is 48.5 Å². The Kier molecular flexibility index (Phi) is 17.9. The van der Waals surface area contributed by atoms with E-state index < -0.39 is 0 Å². The summed E-state index contributed by atoms with van der Waals surface area (Å²) in [5, 5.41) is 0. The van der Waals surface area contributed by atoms with E-state index in [0.717, 1.165) is 59.6 Å². The van der Waals surface area contributed by atoms with Crippen molar-refractivity contribution in [3.63, 3.8) is 0 Å². The first-order valence-corrected chi connectivity index (χ1v) is 17.3. The molecule has 0 atom stereocenters. The number of quaternary nitrogens is 2. The summed E-state index contributed by atoms with van der Waals surface area (Å²) >= 11 is 0. The molecule has 0 amide bonds. The van der Waals surface area contributed by atoms with Crippen molar-refractivity contribution in [1.82, 2.24) is 0 Å². The summed E-state index contributed by atoms with van der Waals surface area (Å²) in [6.07, 6.45) is 18.6. The van der Waals surface area contributed by atoms with E-state index in [0.29, 0.717) is 0 Å². The van der Waals surface area contributed by atoms with E-state index in [-0.39, 0.29) is 0 Å². The van der Waals surface area contributed by atoms with Crippen LogP contribution in [0.2, 0.25) is 0 Å². The second-order valence-electron chi connectivity index (χ2n) is 13.8. The minimum Gasteiger partial charge on any atom is -0.493 e. The number of rotatable bonds is 25. The number of ether oxygens (including phenoxy) is 2. The lowest BCUT2D eigenvalue weighted by atomic mass is 10.1. The molecule has 0 aliphatic rings. The maximum atomic E-state index is 6.07. The van der Waals surface area contributed by atoms with Gasteiger partial charge in [0.15, 0.2) is 0 Å². The molecule has 4 heteroatoms. The van der Waals surface area contributed by atoms with E-state index in [1.807, 2.05) is 0 Å². The molecule has 0 saturated carbocycles. The first-order chi connectivity index (χ1) is 20.2. The zero-order valence-corrected chi connectivity index (χ0v) is 28.5. The van der Waals surface area contributed by atoms with Crippen LogP contribution < -0.4 is 9.47 Å². The highest BCUT2D eigenvalue weighted by molar-refractivity contribution is 5.64. The molecular formula is C38H66N2O2+2. The van der Waals surface area contributed by atoms with Crippen LogP contribution in [0.25, 0.3) is 11.1 Å². The van der Waals surface area contributed by atoms with Crippen LogP contribution in [0.15, 0.2) is 48.5 Å². The Labute approximate surface area is 260 Å². The van der Waals surface area contributed by atoms with Gasteiger partial charge in [-0.2, -0.15) is 0 Å². The van der Waals surface area contributed by atoms with Crippen molar-refractivity contribution in [2.24, 2.45) is 0 Å². The second-order valence-corrected chi connectivity index (χ2v) is 13.8. The summed E-state index contributed by atoms with van der Waals surface area (Å²) in [5.41, 5.74) is 2.42. The Balaban J connectivity index is 1.62. The Morgan fingerprint density at radius 3 is 1.07 bits per heavy atom. The molecular weight excluding hydrogens is 516 g/mol. The number of benzene rings is 2. The quantitative estimate of drug-likeness (QED) is 0.0857. The van der Waals surface area contributed by atoms with E-state index in [1.54, 1.807) is 0 Å². The van der Waals surface area contributed by atoms with Crippen molar-refractivity contribution in [3.8, 4) is 22.6 Å². The molecule has 0 aliphatic carbocycles. The van der Waals surface area contributed by atoms with E-state index in [2.05, 4.69) is 90.6 Å². The van der Waals surface area contributed by atoms with Crippen molar-refractivity contribution in [1.29, 1.82) is 0 Å². The molecule has 238 valence electrons. The van der Waals surface area contributed by atoms with Gasteiger partial charge < -0.3 is 18.4 Å². The molecule has 0 unspecified atom stereocenters. The van der Waals surface area contributed by atoms with Gasteiger partial charge in [0.1, 0.15) is 11.5 Å². The van der Waals surface area contributed by atoms with Gasteiger partial charge in [0.05, 0.1) is 67.6 Å². The third-order valence-corrected chi connectivity index (χ3v) is 8.63. The minimum absolute atomic E-state index is 0.776. The number of nitrogens with zero attached hydrogens (tertiary/aromatic N) is 2. The maximum absolute atomic E-state index is 6.07. The zero-order valence-electron chi connectivity index (χ0n) is 28.5. The molecule has 2 rings (SSSR count). The smallest absolute Gasteiger partial charge is 0.119 e. The SMILES string of the molecule is CCCCCCCC[N+](C)(C)CCCOc1ccc(-c2ccc(OCCC[N+](C)(C)CCCCCCCC)cc2)cc1. The van der Waals surface area contributed by atoms with E-state index in [9.17, 15) is 0 Å².